The number of nitrogens with zero attached hydrogens (tertiary/aromatic N) is 2. The van der Waals surface area contributed by atoms with Gasteiger partial charge >= 0.3 is 0 Å². The maximum Gasteiger partial charge on any atom is 0.257 e. The number of benzene rings is 1. The zero-order valence-corrected chi connectivity index (χ0v) is 17.4. The van der Waals surface area contributed by atoms with Crippen LogP contribution in [0, 0.1) is 0 Å². The Morgan fingerprint density at radius 2 is 2.00 bits per heavy atom. The van der Waals surface area contributed by atoms with Crippen LogP contribution >= 0.6 is 11.8 Å². The summed E-state index contributed by atoms with van der Waals surface area (Å²) in [7, 11) is 3.97. The van der Waals surface area contributed by atoms with Gasteiger partial charge in [0, 0.05) is 49.1 Å². The Morgan fingerprint density at radius 3 is 2.69 bits per heavy atom. The summed E-state index contributed by atoms with van der Waals surface area (Å²) < 4.78 is 0. The molecule has 1 aromatic heterocycles. The van der Waals surface area contributed by atoms with Crippen molar-refractivity contribution >= 4 is 29.1 Å². The van der Waals surface area contributed by atoms with Crippen LogP contribution in [0.5, 0.6) is 0 Å². The third-order valence-corrected chi connectivity index (χ3v) is 6.19. The number of anilines is 2. The lowest BCUT2D eigenvalue weighted by atomic mass is 9.76. The number of fused-ring (bicyclic) bond motifs is 1. The minimum absolute atomic E-state index is 0.107. The van der Waals surface area contributed by atoms with E-state index in [0.29, 0.717) is 34.3 Å². The third kappa shape index (κ3) is 3.62. The van der Waals surface area contributed by atoms with Crippen LogP contribution in [0.15, 0.2) is 58.1 Å². The maximum atomic E-state index is 13.1. The number of aromatic nitrogens is 2. The molecule has 2 aromatic rings. The third-order valence-electron chi connectivity index (χ3n) is 5.32. The monoisotopic (exact) mass is 408 g/mol. The number of hydrogen-bond donors (Lipinski definition) is 2. The first kappa shape index (κ1) is 19.5. The van der Waals surface area contributed by atoms with Crippen molar-refractivity contribution < 1.29 is 4.79 Å². The van der Waals surface area contributed by atoms with Crippen molar-refractivity contribution in [3.05, 3.63) is 69.7 Å². The number of H-pyrrole nitrogens is 1. The standard InChI is InChI=1S/C22H24N4O2S/c1-4-12-29-22-24-20-19(21(28)25-22)17(13-8-10-14(11-9-13)26(2)3)18-15(23-20)6-5-7-16(18)27/h4,8-11,17H,1,5-7,12H2,2-3H3,(H2,23,24,25,28). The summed E-state index contributed by atoms with van der Waals surface area (Å²) in [6, 6.07) is 8.03. The molecule has 0 amide bonds. The van der Waals surface area contributed by atoms with Gasteiger partial charge in [-0.3, -0.25) is 9.59 Å². The van der Waals surface area contributed by atoms with Crippen molar-refractivity contribution in [1.29, 1.82) is 0 Å². The van der Waals surface area contributed by atoms with Gasteiger partial charge in [0.05, 0.1) is 5.56 Å². The van der Waals surface area contributed by atoms with E-state index < -0.39 is 5.92 Å². The highest BCUT2D eigenvalue weighted by Gasteiger charge is 2.37. The molecule has 150 valence electrons. The van der Waals surface area contributed by atoms with Crippen molar-refractivity contribution in [3.8, 4) is 0 Å². The number of allylic oxidation sites excluding steroid dienone is 2. The fraction of sp³-hybridized carbons (Fsp3) is 0.318. The molecule has 1 unspecified atom stereocenters. The quantitative estimate of drug-likeness (QED) is 0.446. The second-order valence-electron chi connectivity index (χ2n) is 7.45. The van der Waals surface area contributed by atoms with E-state index in [1.54, 1.807) is 6.08 Å². The summed E-state index contributed by atoms with van der Waals surface area (Å²) in [6.45, 7) is 3.71. The number of hydrogen-bond acceptors (Lipinski definition) is 6. The topological polar surface area (TPSA) is 78.1 Å². The summed E-state index contributed by atoms with van der Waals surface area (Å²) in [6.07, 6.45) is 3.89. The smallest absolute Gasteiger partial charge is 0.257 e. The average molecular weight is 409 g/mol. The number of aromatic amines is 1. The first-order valence-corrected chi connectivity index (χ1v) is 10.7. The van der Waals surface area contributed by atoms with Gasteiger partial charge in [-0.1, -0.05) is 30.0 Å². The van der Waals surface area contributed by atoms with Gasteiger partial charge in [-0.15, -0.1) is 6.58 Å². The molecule has 0 bridgehead atoms. The van der Waals surface area contributed by atoms with Crippen molar-refractivity contribution in [2.24, 2.45) is 0 Å². The fourth-order valence-corrected chi connectivity index (χ4v) is 4.54. The van der Waals surface area contributed by atoms with Crippen LogP contribution in [0.3, 0.4) is 0 Å². The zero-order valence-electron chi connectivity index (χ0n) is 16.6. The number of carbonyl (C=O) groups excluding carboxylic acids is 1. The van der Waals surface area contributed by atoms with E-state index in [1.807, 2.05) is 43.3 Å². The molecule has 7 heteroatoms. The highest BCUT2D eigenvalue weighted by atomic mass is 32.2. The molecule has 2 aliphatic rings. The molecule has 29 heavy (non-hydrogen) atoms. The molecule has 0 spiro atoms. The van der Waals surface area contributed by atoms with Gasteiger partial charge in [-0.05, 0) is 30.5 Å². The van der Waals surface area contributed by atoms with Crippen LogP contribution in [0.4, 0.5) is 11.5 Å². The van der Waals surface area contributed by atoms with E-state index in [9.17, 15) is 9.59 Å². The van der Waals surface area contributed by atoms with Gasteiger partial charge in [0.2, 0.25) is 0 Å². The first-order chi connectivity index (χ1) is 14.0. The number of ketones is 1. The predicted octanol–water partition coefficient (Wildman–Crippen LogP) is 3.68. The van der Waals surface area contributed by atoms with Gasteiger partial charge in [0.25, 0.3) is 5.56 Å². The van der Waals surface area contributed by atoms with E-state index >= 15 is 0 Å². The Kier molecular flexibility index (Phi) is 5.32. The van der Waals surface area contributed by atoms with Crippen LogP contribution in [0.25, 0.3) is 0 Å². The summed E-state index contributed by atoms with van der Waals surface area (Å²) in [5.41, 5.74) is 3.91. The molecule has 2 heterocycles. The molecule has 0 saturated heterocycles. The van der Waals surface area contributed by atoms with E-state index in [1.165, 1.54) is 11.8 Å². The molecule has 6 nitrogen and oxygen atoms in total. The van der Waals surface area contributed by atoms with Crippen LogP contribution in [0.2, 0.25) is 0 Å². The van der Waals surface area contributed by atoms with Crippen molar-refractivity contribution in [2.75, 3.05) is 30.1 Å². The van der Waals surface area contributed by atoms with Crippen molar-refractivity contribution in [1.82, 2.24) is 9.97 Å². The molecule has 0 fully saturated rings. The van der Waals surface area contributed by atoms with E-state index in [0.717, 1.165) is 29.8 Å². The number of rotatable bonds is 5. The van der Waals surface area contributed by atoms with E-state index in [2.05, 4.69) is 21.9 Å². The Balaban J connectivity index is 1.87. The SMILES string of the molecule is C=CCSc1nc2c(c(=O)[nH]1)C(c1ccc(N(C)C)cc1)C1=C(CCCC1=O)N2. The van der Waals surface area contributed by atoms with Gasteiger partial charge < -0.3 is 15.2 Å². The van der Waals surface area contributed by atoms with Crippen molar-refractivity contribution in [3.63, 3.8) is 0 Å². The van der Waals surface area contributed by atoms with Gasteiger partial charge in [0.1, 0.15) is 5.82 Å². The Hall–Kier alpha value is -2.80. The second kappa shape index (κ2) is 7.91. The molecule has 2 N–H and O–H groups in total. The van der Waals surface area contributed by atoms with Gasteiger partial charge in [-0.2, -0.15) is 0 Å². The average Bonchev–Trinajstić information content (AvgIpc) is 2.71. The molecule has 1 aliphatic carbocycles. The lowest BCUT2D eigenvalue weighted by molar-refractivity contribution is -0.116. The molecule has 0 saturated carbocycles. The van der Waals surface area contributed by atoms with E-state index in [-0.39, 0.29) is 11.3 Å². The van der Waals surface area contributed by atoms with Crippen LogP contribution in [-0.4, -0.2) is 35.6 Å². The largest absolute Gasteiger partial charge is 0.378 e. The van der Waals surface area contributed by atoms with Crippen LogP contribution in [0.1, 0.15) is 36.3 Å². The summed E-state index contributed by atoms with van der Waals surface area (Å²) >= 11 is 1.43. The number of carbonyl (C=O) groups is 1. The molecule has 1 aromatic carbocycles. The molecular formula is C22H24N4O2S. The van der Waals surface area contributed by atoms with Gasteiger partial charge in [0.15, 0.2) is 10.9 Å². The molecule has 1 aliphatic heterocycles. The number of Topliss-reactive ketones (excluding diaryl/α,β-unsaturated/α-hetero) is 1. The predicted molar refractivity (Wildman–Crippen MR) is 118 cm³/mol. The first-order valence-electron chi connectivity index (χ1n) is 9.68. The van der Waals surface area contributed by atoms with Crippen LogP contribution < -0.4 is 15.8 Å². The zero-order chi connectivity index (χ0) is 20.5. The van der Waals surface area contributed by atoms with E-state index in [4.69, 9.17) is 0 Å². The number of nitrogens with one attached hydrogen (secondary N) is 2. The Bertz CT molecular complexity index is 1050. The highest BCUT2D eigenvalue weighted by Crippen LogP contribution is 2.43. The summed E-state index contributed by atoms with van der Waals surface area (Å²) in [4.78, 5) is 35.5. The van der Waals surface area contributed by atoms with Crippen LogP contribution in [-0.2, 0) is 4.79 Å². The Morgan fingerprint density at radius 1 is 1.24 bits per heavy atom. The molecular weight excluding hydrogens is 384 g/mol. The molecule has 1 atom stereocenters. The summed E-state index contributed by atoms with van der Waals surface area (Å²) in [5, 5.41) is 3.85. The minimum atomic E-state index is -0.403. The second-order valence-corrected chi connectivity index (χ2v) is 8.45. The minimum Gasteiger partial charge on any atom is -0.378 e. The highest BCUT2D eigenvalue weighted by molar-refractivity contribution is 7.99. The molecule has 0 radical (unpaired) electrons. The fourth-order valence-electron chi connectivity index (χ4n) is 3.94. The molecule has 4 rings (SSSR count). The number of thioether (sulfide) groups is 1. The lowest BCUT2D eigenvalue weighted by Crippen LogP contribution is -2.32. The normalized spacial score (nSPS) is 18.0. The van der Waals surface area contributed by atoms with Crippen molar-refractivity contribution in [2.45, 2.75) is 30.3 Å². The lowest BCUT2D eigenvalue weighted by Gasteiger charge is -2.33. The Labute approximate surface area is 174 Å². The van der Waals surface area contributed by atoms with Gasteiger partial charge in [-0.25, -0.2) is 4.98 Å². The maximum absolute atomic E-state index is 13.1. The summed E-state index contributed by atoms with van der Waals surface area (Å²) in [5.74, 6) is 0.912.